The van der Waals surface area contributed by atoms with Gasteiger partial charge in [-0.1, -0.05) is 72.7 Å². The molecule has 0 aromatic heterocycles. The van der Waals surface area contributed by atoms with E-state index in [4.69, 9.17) is 0 Å². The van der Waals surface area contributed by atoms with Gasteiger partial charge in [-0.2, -0.15) is 0 Å². The van der Waals surface area contributed by atoms with Crippen molar-refractivity contribution in [2.75, 3.05) is 0 Å². The molecule has 0 radical (unpaired) electrons. The zero-order chi connectivity index (χ0) is 17.8. The predicted molar refractivity (Wildman–Crippen MR) is 106 cm³/mol. The number of carbonyl (C=O) groups excluding carboxylic acids is 1. The van der Waals surface area contributed by atoms with Gasteiger partial charge in [0.25, 0.3) is 0 Å². The Morgan fingerprint density at radius 1 is 0.808 bits per heavy atom. The van der Waals surface area contributed by atoms with Gasteiger partial charge in [-0.3, -0.25) is 4.79 Å². The van der Waals surface area contributed by atoms with E-state index in [9.17, 15) is 4.79 Å². The van der Waals surface area contributed by atoms with Gasteiger partial charge in [0, 0.05) is 18.2 Å². The maximum absolute atomic E-state index is 13.3. The molecule has 1 saturated carbocycles. The lowest BCUT2D eigenvalue weighted by atomic mass is 9.89. The summed E-state index contributed by atoms with van der Waals surface area (Å²) in [6, 6.07) is 21.3. The first-order valence-electron chi connectivity index (χ1n) is 9.91. The Labute approximate surface area is 156 Å². The minimum Gasteiger partial charge on any atom is -0.331 e. The van der Waals surface area contributed by atoms with Gasteiger partial charge in [0.05, 0.1) is 0 Å². The maximum atomic E-state index is 13.3. The minimum atomic E-state index is 0.273. The van der Waals surface area contributed by atoms with E-state index in [1.165, 1.54) is 36.0 Å². The molecule has 0 bridgehead atoms. The Kier molecular flexibility index (Phi) is 5.19. The number of allylic oxidation sites excluding steroid dienone is 1. The standard InChI is InChI=1S/C24H27NO/c26-24-23(21-14-8-3-9-15-21)17-22(16-19-10-4-1-5-11-19)25(24)18-20-12-6-2-7-13-20/h1-2,4-7,10-13,22H,3,8-9,14-18H2/t22-/m0/s1. The fraction of sp³-hybridized carbons (Fsp3) is 0.375. The van der Waals surface area contributed by atoms with Crippen LogP contribution < -0.4 is 0 Å². The highest BCUT2D eigenvalue weighted by atomic mass is 16.2. The number of rotatable bonds is 4. The van der Waals surface area contributed by atoms with Crippen molar-refractivity contribution in [3.63, 3.8) is 0 Å². The first-order valence-corrected chi connectivity index (χ1v) is 9.91. The predicted octanol–water partition coefficient (Wildman–Crippen LogP) is 5.29. The van der Waals surface area contributed by atoms with Crippen LogP contribution in [0.25, 0.3) is 0 Å². The second-order valence-electron chi connectivity index (χ2n) is 7.61. The first-order chi connectivity index (χ1) is 12.8. The molecule has 134 valence electrons. The normalized spacial score (nSPS) is 20.7. The van der Waals surface area contributed by atoms with Gasteiger partial charge in [0.15, 0.2) is 0 Å². The molecule has 1 aliphatic carbocycles. The van der Waals surface area contributed by atoms with E-state index >= 15 is 0 Å². The molecule has 2 aromatic rings. The fourth-order valence-electron chi connectivity index (χ4n) is 4.40. The van der Waals surface area contributed by atoms with Crippen LogP contribution in [0.2, 0.25) is 0 Å². The van der Waals surface area contributed by atoms with Crippen molar-refractivity contribution in [1.29, 1.82) is 0 Å². The summed E-state index contributed by atoms with van der Waals surface area (Å²) >= 11 is 0. The molecule has 1 heterocycles. The fourth-order valence-corrected chi connectivity index (χ4v) is 4.40. The lowest BCUT2D eigenvalue weighted by Gasteiger charge is -2.24. The number of nitrogens with zero attached hydrogens (tertiary/aromatic N) is 1. The van der Waals surface area contributed by atoms with Crippen LogP contribution in [-0.2, 0) is 17.8 Å². The quantitative estimate of drug-likeness (QED) is 0.689. The molecule has 2 nitrogen and oxygen atoms in total. The lowest BCUT2D eigenvalue weighted by Crippen LogP contribution is -2.34. The molecule has 2 aliphatic rings. The summed E-state index contributed by atoms with van der Waals surface area (Å²) in [5.41, 5.74) is 5.10. The smallest absolute Gasteiger partial charge is 0.250 e. The molecule has 2 heteroatoms. The maximum Gasteiger partial charge on any atom is 0.250 e. The van der Waals surface area contributed by atoms with Gasteiger partial charge < -0.3 is 4.90 Å². The molecule has 1 amide bonds. The molecule has 1 atom stereocenters. The van der Waals surface area contributed by atoms with Crippen molar-refractivity contribution in [3.05, 3.63) is 82.9 Å². The summed E-state index contributed by atoms with van der Waals surface area (Å²) < 4.78 is 0. The van der Waals surface area contributed by atoms with Crippen LogP contribution in [0.4, 0.5) is 0 Å². The first kappa shape index (κ1) is 17.1. The number of carbonyl (C=O) groups is 1. The van der Waals surface area contributed by atoms with Crippen molar-refractivity contribution in [3.8, 4) is 0 Å². The summed E-state index contributed by atoms with van der Waals surface area (Å²) in [5, 5.41) is 0. The van der Waals surface area contributed by atoms with Crippen LogP contribution in [-0.4, -0.2) is 16.8 Å². The van der Waals surface area contributed by atoms with Crippen LogP contribution in [0.1, 0.15) is 49.7 Å². The number of amides is 1. The van der Waals surface area contributed by atoms with Crippen LogP contribution in [0.15, 0.2) is 71.8 Å². The Bertz CT molecular complexity index is 770. The molecule has 0 spiro atoms. The minimum absolute atomic E-state index is 0.273. The van der Waals surface area contributed by atoms with Gasteiger partial charge in [-0.15, -0.1) is 0 Å². The van der Waals surface area contributed by atoms with E-state index in [0.717, 1.165) is 31.3 Å². The van der Waals surface area contributed by atoms with E-state index < -0.39 is 0 Å². The van der Waals surface area contributed by atoms with Crippen LogP contribution >= 0.6 is 0 Å². The number of hydrogen-bond donors (Lipinski definition) is 0. The zero-order valence-corrected chi connectivity index (χ0v) is 15.4. The van der Waals surface area contributed by atoms with Crippen molar-refractivity contribution < 1.29 is 4.79 Å². The molecule has 0 N–H and O–H groups in total. The molecule has 26 heavy (non-hydrogen) atoms. The van der Waals surface area contributed by atoms with Gasteiger partial charge >= 0.3 is 0 Å². The van der Waals surface area contributed by atoms with Gasteiger partial charge in [-0.25, -0.2) is 0 Å². The third kappa shape index (κ3) is 3.75. The SMILES string of the molecule is O=C1C(=C2CCCCC2)C[C@H](Cc2ccccc2)N1Cc1ccccc1. The second kappa shape index (κ2) is 7.90. The van der Waals surface area contributed by atoms with E-state index in [0.29, 0.717) is 6.54 Å². The van der Waals surface area contributed by atoms with E-state index in [-0.39, 0.29) is 11.9 Å². The van der Waals surface area contributed by atoms with E-state index in [2.05, 4.69) is 59.5 Å². The number of hydrogen-bond acceptors (Lipinski definition) is 1. The van der Waals surface area contributed by atoms with E-state index in [1.807, 2.05) is 6.07 Å². The Hall–Kier alpha value is -2.35. The molecule has 1 saturated heterocycles. The highest BCUT2D eigenvalue weighted by Crippen LogP contribution is 2.35. The molecule has 0 unspecified atom stereocenters. The molecular weight excluding hydrogens is 318 g/mol. The summed E-state index contributed by atoms with van der Waals surface area (Å²) in [6.07, 6.45) is 7.90. The topological polar surface area (TPSA) is 20.3 Å². The highest BCUT2D eigenvalue weighted by Gasteiger charge is 2.36. The van der Waals surface area contributed by atoms with Crippen molar-refractivity contribution in [1.82, 2.24) is 4.90 Å². The number of benzene rings is 2. The summed E-state index contributed by atoms with van der Waals surface area (Å²) in [6.45, 7) is 0.716. The molecule has 4 rings (SSSR count). The van der Waals surface area contributed by atoms with Gasteiger partial charge in [-0.05, 0) is 49.7 Å². The van der Waals surface area contributed by atoms with Gasteiger partial charge in [0.1, 0.15) is 0 Å². The second-order valence-corrected chi connectivity index (χ2v) is 7.61. The number of likely N-dealkylation sites (tertiary alicyclic amines) is 1. The average molecular weight is 345 g/mol. The Morgan fingerprint density at radius 2 is 1.42 bits per heavy atom. The summed E-state index contributed by atoms with van der Waals surface area (Å²) in [7, 11) is 0. The van der Waals surface area contributed by atoms with Crippen molar-refractivity contribution >= 4 is 5.91 Å². The highest BCUT2D eigenvalue weighted by molar-refractivity contribution is 5.97. The van der Waals surface area contributed by atoms with Gasteiger partial charge in [0.2, 0.25) is 5.91 Å². The lowest BCUT2D eigenvalue weighted by molar-refractivity contribution is -0.126. The largest absolute Gasteiger partial charge is 0.331 e. The molecular formula is C24H27NO. The van der Waals surface area contributed by atoms with Crippen LogP contribution in [0.3, 0.4) is 0 Å². The molecule has 2 fully saturated rings. The average Bonchev–Trinajstić information content (AvgIpc) is 3.00. The van der Waals surface area contributed by atoms with Crippen molar-refractivity contribution in [2.45, 2.75) is 57.5 Å². The Morgan fingerprint density at radius 3 is 2.08 bits per heavy atom. The Balaban J connectivity index is 1.61. The third-order valence-electron chi connectivity index (χ3n) is 5.79. The molecule has 1 aliphatic heterocycles. The van der Waals surface area contributed by atoms with E-state index in [1.54, 1.807) is 0 Å². The summed E-state index contributed by atoms with van der Waals surface area (Å²) in [4.78, 5) is 15.4. The third-order valence-corrected chi connectivity index (χ3v) is 5.79. The van der Waals surface area contributed by atoms with Crippen LogP contribution in [0.5, 0.6) is 0 Å². The van der Waals surface area contributed by atoms with Crippen LogP contribution in [0, 0.1) is 0 Å². The monoisotopic (exact) mass is 345 g/mol. The molecule has 2 aromatic carbocycles. The van der Waals surface area contributed by atoms with Crippen molar-refractivity contribution in [2.24, 2.45) is 0 Å². The summed E-state index contributed by atoms with van der Waals surface area (Å²) in [5.74, 6) is 0.284. The zero-order valence-electron chi connectivity index (χ0n) is 15.4.